The molecule has 0 bridgehead atoms. The number of ether oxygens (including phenoxy) is 2. The molecule has 0 radical (unpaired) electrons. The largest absolute Gasteiger partial charge is 0.497 e. The summed E-state index contributed by atoms with van der Waals surface area (Å²) in [6, 6.07) is 34.2. The zero-order valence-corrected chi connectivity index (χ0v) is 22.5. The van der Waals surface area contributed by atoms with Gasteiger partial charge in [0.15, 0.2) is 0 Å². The highest BCUT2D eigenvalue weighted by molar-refractivity contribution is 6.30. The second-order valence-electron chi connectivity index (χ2n) is 9.05. The van der Waals surface area contributed by atoms with Crippen LogP contribution in [0.15, 0.2) is 109 Å². The number of nitrogens with zero attached hydrogens (tertiary/aromatic N) is 3. The summed E-state index contributed by atoms with van der Waals surface area (Å²) in [4.78, 5) is 15.7. The molecule has 0 fully saturated rings. The lowest BCUT2D eigenvalue weighted by atomic mass is 10.1. The van der Waals surface area contributed by atoms with Crippen LogP contribution in [0.1, 0.15) is 21.5 Å². The van der Waals surface area contributed by atoms with Crippen LogP contribution in [-0.2, 0) is 20.1 Å². The fourth-order valence-corrected chi connectivity index (χ4v) is 4.50. The summed E-state index contributed by atoms with van der Waals surface area (Å²) >= 11 is 6.10. The molecule has 7 heteroatoms. The Labute approximate surface area is 233 Å². The summed E-state index contributed by atoms with van der Waals surface area (Å²) in [6.07, 6.45) is 0. The van der Waals surface area contributed by atoms with Gasteiger partial charge in [0, 0.05) is 29.7 Å². The van der Waals surface area contributed by atoms with Crippen molar-refractivity contribution in [2.75, 3.05) is 7.11 Å². The summed E-state index contributed by atoms with van der Waals surface area (Å²) in [6.45, 7) is 0.688. The molecule has 5 aromatic rings. The van der Waals surface area contributed by atoms with Crippen LogP contribution in [0.2, 0.25) is 5.02 Å². The first-order valence-corrected chi connectivity index (χ1v) is 12.9. The van der Waals surface area contributed by atoms with Crippen molar-refractivity contribution in [2.45, 2.75) is 13.1 Å². The maximum Gasteiger partial charge on any atom is 0.254 e. The standard InChI is InChI=1S/C32H28ClN3O3/c1-35-32(39-28-19-17-27(38-2)18-20-28)29(30(34-35)24-11-7-4-8-12-24)22-36(21-23-9-5-3-6-10-23)31(37)25-13-15-26(33)16-14-25/h3-20H,21-22H2,1-2H3. The molecule has 1 amide bonds. The van der Waals surface area contributed by atoms with Gasteiger partial charge in [0.05, 0.1) is 19.2 Å². The van der Waals surface area contributed by atoms with Gasteiger partial charge in [-0.2, -0.15) is 5.10 Å². The van der Waals surface area contributed by atoms with Crippen LogP contribution in [0.4, 0.5) is 0 Å². The van der Waals surface area contributed by atoms with Crippen LogP contribution >= 0.6 is 11.6 Å². The number of carbonyl (C=O) groups is 1. The smallest absolute Gasteiger partial charge is 0.254 e. The van der Waals surface area contributed by atoms with Gasteiger partial charge in [-0.25, -0.2) is 4.68 Å². The molecule has 0 atom stereocenters. The number of rotatable bonds is 9. The number of hydrogen-bond donors (Lipinski definition) is 0. The molecule has 0 saturated heterocycles. The van der Waals surface area contributed by atoms with E-state index in [4.69, 9.17) is 26.2 Å². The molecule has 0 N–H and O–H groups in total. The van der Waals surface area contributed by atoms with Crippen molar-refractivity contribution in [2.24, 2.45) is 7.05 Å². The number of carbonyl (C=O) groups excluding carboxylic acids is 1. The molecule has 0 aliphatic heterocycles. The monoisotopic (exact) mass is 537 g/mol. The number of methoxy groups -OCH3 is 1. The Bertz CT molecular complexity index is 1530. The van der Waals surface area contributed by atoms with E-state index in [9.17, 15) is 4.79 Å². The number of amides is 1. The summed E-state index contributed by atoms with van der Waals surface area (Å²) in [5.41, 5.74) is 4.06. The van der Waals surface area contributed by atoms with Gasteiger partial charge in [-0.15, -0.1) is 0 Å². The Hall–Kier alpha value is -4.55. The van der Waals surface area contributed by atoms with Gasteiger partial charge in [0.2, 0.25) is 5.88 Å². The minimum atomic E-state index is -0.117. The van der Waals surface area contributed by atoms with Crippen molar-refractivity contribution in [1.29, 1.82) is 0 Å². The molecule has 0 saturated carbocycles. The predicted molar refractivity (Wildman–Crippen MR) is 153 cm³/mol. The quantitative estimate of drug-likeness (QED) is 0.197. The Morgan fingerprint density at radius 2 is 1.44 bits per heavy atom. The fraction of sp³-hybridized carbons (Fsp3) is 0.125. The van der Waals surface area contributed by atoms with E-state index in [1.54, 1.807) is 36.1 Å². The predicted octanol–water partition coefficient (Wildman–Crippen LogP) is 7.38. The van der Waals surface area contributed by atoms with Gasteiger partial charge in [-0.1, -0.05) is 72.3 Å². The van der Waals surface area contributed by atoms with E-state index in [-0.39, 0.29) is 12.5 Å². The maximum absolute atomic E-state index is 13.9. The summed E-state index contributed by atoms with van der Waals surface area (Å²) < 4.78 is 13.4. The fourth-order valence-electron chi connectivity index (χ4n) is 4.38. The molecule has 39 heavy (non-hydrogen) atoms. The van der Waals surface area contributed by atoms with E-state index in [1.807, 2.05) is 96.9 Å². The van der Waals surface area contributed by atoms with E-state index in [2.05, 4.69) is 0 Å². The van der Waals surface area contributed by atoms with Gasteiger partial charge < -0.3 is 14.4 Å². The number of aromatic nitrogens is 2. The molecule has 0 aliphatic rings. The van der Waals surface area contributed by atoms with Crippen molar-refractivity contribution in [1.82, 2.24) is 14.7 Å². The average Bonchev–Trinajstić information content (AvgIpc) is 3.28. The van der Waals surface area contributed by atoms with Crippen molar-refractivity contribution >= 4 is 17.5 Å². The van der Waals surface area contributed by atoms with Crippen LogP contribution < -0.4 is 9.47 Å². The third kappa shape index (κ3) is 6.13. The van der Waals surface area contributed by atoms with E-state index in [0.717, 1.165) is 28.1 Å². The van der Waals surface area contributed by atoms with Gasteiger partial charge in [-0.05, 0) is 54.1 Å². The van der Waals surface area contributed by atoms with Crippen LogP contribution in [0.25, 0.3) is 11.3 Å². The first-order valence-electron chi connectivity index (χ1n) is 12.5. The van der Waals surface area contributed by atoms with Gasteiger partial charge in [0.25, 0.3) is 5.91 Å². The minimum absolute atomic E-state index is 0.117. The maximum atomic E-state index is 13.9. The molecule has 4 aromatic carbocycles. The highest BCUT2D eigenvalue weighted by Crippen LogP contribution is 2.35. The lowest BCUT2D eigenvalue weighted by Crippen LogP contribution is -2.30. The minimum Gasteiger partial charge on any atom is -0.497 e. The molecule has 5 rings (SSSR count). The molecular formula is C32H28ClN3O3. The van der Waals surface area contributed by atoms with Crippen LogP contribution in [-0.4, -0.2) is 27.7 Å². The van der Waals surface area contributed by atoms with E-state index < -0.39 is 0 Å². The van der Waals surface area contributed by atoms with Crippen molar-refractivity contribution in [3.05, 3.63) is 131 Å². The number of aryl methyl sites for hydroxylation is 1. The summed E-state index contributed by atoms with van der Waals surface area (Å²) in [5.74, 6) is 1.81. The molecule has 196 valence electrons. The third-order valence-corrected chi connectivity index (χ3v) is 6.60. The Balaban J connectivity index is 1.58. The van der Waals surface area contributed by atoms with Crippen molar-refractivity contribution < 1.29 is 14.3 Å². The average molecular weight is 538 g/mol. The number of halogens is 1. The zero-order valence-electron chi connectivity index (χ0n) is 21.8. The molecule has 1 aromatic heterocycles. The van der Waals surface area contributed by atoms with E-state index in [0.29, 0.717) is 28.8 Å². The molecule has 0 aliphatic carbocycles. The second-order valence-corrected chi connectivity index (χ2v) is 9.49. The summed E-state index contributed by atoms with van der Waals surface area (Å²) in [7, 11) is 3.47. The van der Waals surface area contributed by atoms with Crippen LogP contribution in [0.5, 0.6) is 17.4 Å². The lowest BCUT2D eigenvalue weighted by molar-refractivity contribution is 0.0729. The highest BCUT2D eigenvalue weighted by Gasteiger charge is 2.25. The topological polar surface area (TPSA) is 56.6 Å². The molecular weight excluding hydrogens is 510 g/mol. The lowest BCUT2D eigenvalue weighted by Gasteiger charge is -2.24. The first kappa shape index (κ1) is 26.1. The summed E-state index contributed by atoms with van der Waals surface area (Å²) in [5, 5.41) is 5.40. The molecule has 6 nitrogen and oxygen atoms in total. The normalized spacial score (nSPS) is 10.7. The number of hydrogen-bond acceptors (Lipinski definition) is 4. The zero-order chi connectivity index (χ0) is 27.2. The van der Waals surface area contributed by atoms with E-state index >= 15 is 0 Å². The van der Waals surface area contributed by atoms with E-state index in [1.165, 1.54) is 0 Å². The second kappa shape index (κ2) is 11.9. The highest BCUT2D eigenvalue weighted by atomic mass is 35.5. The Morgan fingerprint density at radius 1 is 0.821 bits per heavy atom. The molecule has 0 spiro atoms. The van der Waals surface area contributed by atoms with Crippen molar-refractivity contribution in [3.8, 4) is 28.6 Å². The molecule has 1 heterocycles. The van der Waals surface area contributed by atoms with Crippen LogP contribution in [0, 0.1) is 0 Å². The molecule has 0 unspecified atom stereocenters. The third-order valence-electron chi connectivity index (χ3n) is 6.35. The SMILES string of the molecule is COc1ccc(Oc2c(CN(Cc3ccccc3)C(=O)c3ccc(Cl)cc3)c(-c3ccccc3)nn2C)cc1. The first-order chi connectivity index (χ1) is 19.0. The number of benzene rings is 4. The van der Waals surface area contributed by atoms with Gasteiger partial charge in [-0.3, -0.25) is 4.79 Å². The Kier molecular flexibility index (Phi) is 7.94. The Morgan fingerprint density at radius 3 is 2.08 bits per heavy atom. The van der Waals surface area contributed by atoms with Crippen LogP contribution in [0.3, 0.4) is 0 Å². The van der Waals surface area contributed by atoms with Gasteiger partial charge in [0.1, 0.15) is 17.2 Å². The van der Waals surface area contributed by atoms with Crippen molar-refractivity contribution in [3.63, 3.8) is 0 Å². The van der Waals surface area contributed by atoms with Gasteiger partial charge >= 0.3 is 0 Å².